The van der Waals surface area contributed by atoms with Crippen molar-refractivity contribution in [1.29, 1.82) is 0 Å². The van der Waals surface area contributed by atoms with E-state index in [9.17, 15) is 27.6 Å². The van der Waals surface area contributed by atoms with Crippen molar-refractivity contribution in [2.75, 3.05) is 6.54 Å². The van der Waals surface area contributed by atoms with Gasteiger partial charge < -0.3 is 25.1 Å². The average Bonchev–Trinajstić information content (AvgIpc) is 4.03. The zero-order chi connectivity index (χ0) is 39.0. The SMILES string of the molecule is C=C[C@@H]1C[C@@]1(NC(=O)[C@@H]1C[C@@H](ON=C2c3ccccc3-c3ccccc32)CN1C(=O)[C@H](CC1CCCCC1)NC(=O)OC1CCCC1)C(=O)NS(=O)(=O)C1CC1. The van der Waals surface area contributed by atoms with Crippen LogP contribution < -0.4 is 15.4 Å². The lowest BCUT2D eigenvalue weighted by Gasteiger charge is -2.32. The highest BCUT2D eigenvalue weighted by molar-refractivity contribution is 7.91. The molecule has 5 aliphatic carbocycles. The van der Waals surface area contributed by atoms with Crippen LogP contribution in [0, 0.1) is 11.8 Å². The van der Waals surface area contributed by atoms with Crippen LogP contribution >= 0.6 is 0 Å². The molecule has 13 nitrogen and oxygen atoms in total. The minimum atomic E-state index is -3.89. The van der Waals surface area contributed by atoms with E-state index in [0.717, 1.165) is 80.0 Å². The molecule has 4 saturated carbocycles. The second-order valence-corrected chi connectivity index (χ2v) is 18.4. The number of rotatable bonds is 13. The molecule has 298 valence electrons. The Labute approximate surface area is 328 Å². The van der Waals surface area contributed by atoms with E-state index in [4.69, 9.17) is 9.57 Å². The molecule has 0 spiro atoms. The Balaban J connectivity index is 1.06. The number of oxime groups is 1. The van der Waals surface area contributed by atoms with Crippen LogP contribution in [-0.4, -0.2) is 84.5 Å². The minimum Gasteiger partial charge on any atom is -0.446 e. The fraction of sp³-hybridized carbons (Fsp3) is 0.548. The van der Waals surface area contributed by atoms with E-state index >= 15 is 0 Å². The molecule has 0 bridgehead atoms. The molecule has 0 radical (unpaired) electrons. The van der Waals surface area contributed by atoms with Crippen LogP contribution in [0.4, 0.5) is 4.79 Å². The maximum absolute atomic E-state index is 14.8. The lowest BCUT2D eigenvalue weighted by atomic mass is 9.84. The highest BCUT2D eigenvalue weighted by Crippen LogP contribution is 2.46. The minimum absolute atomic E-state index is 0.00233. The quantitative estimate of drug-likeness (QED) is 0.159. The summed E-state index contributed by atoms with van der Waals surface area (Å²) >= 11 is 0. The maximum atomic E-state index is 14.8. The molecule has 1 aliphatic heterocycles. The first-order valence-corrected chi connectivity index (χ1v) is 21.8. The molecule has 0 aromatic heterocycles. The van der Waals surface area contributed by atoms with Gasteiger partial charge in [0.05, 0.1) is 11.8 Å². The summed E-state index contributed by atoms with van der Waals surface area (Å²) in [6.45, 7) is 3.81. The summed E-state index contributed by atoms with van der Waals surface area (Å²) in [6, 6.07) is 13.8. The molecule has 5 atom stereocenters. The number of nitrogens with one attached hydrogen (secondary N) is 3. The highest BCUT2D eigenvalue weighted by Gasteiger charge is 2.62. The Morgan fingerprint density at radius 2 is 1.50 bits per heavy atom. The van der Waals surface area contributed by atoms with Gasteiger partial charge in [0.15, 0.2) is 0 Å². The van der Waals surface area contributed by atoms with Gasteiger partial charge in [-0.25, -0.2) is 13.2 Å². The smallest absolute Gasteiger partial charge is 0.408 e. The molecule has 1 saturated heterocycles. The fourth-order valence-corrected chi connectivity index (χ4v) is 10.5. The van der Waals surface area contributed by atoms with Gasteiger partial charge >= 0.3 is 6.09 Å². The number of hydrogen-bond donors (Lipinski definition) is 3. The monoisotopic (exact) mass is 785 g/mol. The van der Waals surface area contributed by atoms with Crippen molar-refractivity contribution in [2.45, 2.75) is 125 Å². The first-order chi connectivity index (χ1) is 27.1. The lowest BCUT2D eigenvalue weighted by Crippen LogP contribution is -2.58. The molecule has 8 rings (SSSR count). The number of nitrogens with zero attached hydrogens (tertiary/aromatic N) is 2. The van der Waals surface area contributed by atoms with Crippen molar-refractivity contribution < 1.29 is 37.2 Å². The molecule has 6 aliphatic rings. The van der Waals surface area contributed by atoms with Gasteiger partial charge in [-0.3, -0.25) is 19.1 Å². The van der Waals surface area contributed by atoms with Gasteiger partial charge in [-0.1, -0.05) is 91.9 Å². The van der Waals surface area contributed by atoms with E-state index in [1.807, 2.05) is 48.5 Å². The van der Waals surface area contributed by atoms with Crippen LogP contribution in [-0.2, 0) is 34.0 Å². The van der Waals surface area contributed by atoms with E-state index < -0.39 is 68.7 Å². The Morgan fingerprint density at radius 1 is 0.875 bits per heavy atom. The summed E-state index contributed by atoms with van der Waals surface area (Å²) < 4.78 is 33.5. The number of sulfonamides is 1. The van der Waals surface area contributed by atoms with Gasteiger partial charge in [-0.05, 0) is 68.4 Å². The number of hydrogen-bond acceptors (Lipinski definition) is 9. The topological polar surface area (TPSA) is 173 Å². The zero-order valence-corrected chi connectivity index (χ0v) is 32.4. The van der Waals surface area contributed by atoms with Crippen molar-refractivity contribution in [2.24, 2.45) is 17.0 Å². The molecule has 2 aromatic carbocycles. The Kier molecular flexibility index (Phi) is 10.7. The van der Waals surface area contributed by atoms with Gasteiger partial charge in [-0.2, -0.15) is 0 Å². The maximum Gasteiger partial charge on any atom is 0.408 e. The van der Waals surface area contributed by atoms with Gasteiger partial charge in [-0.15, -0.1) is 6.58 Å². The van der Waals surface area contributed by atoms with Crippen LogP contribution in [0.2, 0.25) is 0 Å². The molecule has 4 amide bonds. The summed E-state index contributed by atoms with van der Waals surface area (Å²) in [5.74, 6) is -2.18. The van der Waals surface area contributed by atoms with Gasteiger partial charge in [0.1, 0.15) is 35.5 Å². The second kappa shape index (κ2) is 15.7. The van der Waals surface area contributed by atoms with Crippen molar-refractivity contribution >= 4 is 39.5 Å². The number of alkyl carbamates (subject to hydrolysis) is 1. The summed E-state index contributed by atoms with van der Waals surface area (Å²) in [5.41, 5.74) is 2.99. The van der Waals surface area contributed by atoms with Crippen LogP contribution in [0.1, 0.15) is 101 Å². The number of benzene rings is 2. The number of carbonyl (C=O) groups is 4. The predicted octanol–water partition coefficient (Wildman–Crippen LogP) is 5.08. The van der Waals surface area contributed by atoms with Crippen LogP contribution in [0.25, 0.3) is 11.1 Å². The summed E-state index contributed by atoms with van der Waals surface area (Å²) in [6.07, 6.45) is 10.1. The molecule has 3 N–H and O–H groups in total. The lowest BCUT2D eigenvalue weighted by molar-refractivity contribution is -0.141. The molecule has 1 heterocycles. The third kappa shape index (κ3) is 7.81. The molecule has 2 aromatic rings. The highest BCUT2D eigenvalue weighted by atomic mass is 32.2. The molecule has 56 heavy (non-hydrogen) atoms. The fourth-order valence-electron chi connectivity index (χ4n) is 9.12. The van der Waals surface area contributed by atoms with E-state index in [2.05, 4.69) is 27.1 Å². The first-order valence-electron chi connectivity index (χ1n) is 20.3. The van der Waals surface area contributed by atoms with Crippen LogP contribution in [0.3, 0.4) is 0 Å². The number of amides is 4. The normalized spacial score (nSPS) is 26.4. The summed E-state index contributed by atoms with van der Waals surface area (Å²) in [5, 5.41) is 9.73. The number of ether oxygens (including phenoxy) is 1. The number of likely N-dealkylation sites (tertiary alicyclic amines) is 1. The molecule has 14 heteroatoms. The van der Waals surface area contributed by atoms with Crippen molar-refractivity contribution in [1.82, 2.24) is 20.3 Å². The molecular weight excluding hydrogens is 735 g/mol. The Hall–Kier alpha value is -4.72. The van der Waals surface area contributed by atoms with Crippen LogP contribution in [0.15, 0.2) is 66.3 Å². The van der Waals surface area contributed by atoms with Gasteiger partial charge in [0, 0.05) is 23.5 Å². The summed E-state index contributed by atoms with van der Waals surface area (Å²) in [7, 11) is -3.89. The Morgan fingerprint density at radius 3 is 2.11 bits per heavy atom. The second-order valence-electron chi connectivity index (χ2n) is 16.4. The number of carbonyl (C=O) groups excluding carboxylic acids is 4. The largest absolute Gasteiger partial charge is 0.446 e. The third-order valence-corrected chi connectivity index (χ3v) is 14.3. The average molecular weight is 786 g/mol. The van der Waals surface area contributed by atoms with E-state index in [0.29, 0.717) is 25.0 Å². The zero-order valence-electron chi connectivity index (χ0n) is 31.6. The Bertz CT molecular complexity index is 1970. The van der Waals surface area contributed by atoms with Crippen molar-refractivity contribution in [3.63, 3.8) is 0 Å². The van der Waals surface area contributed by atoms with Crippen molar-refractivity contribution in [3.05, 3.63) is 72.3 Å². The van der Waals surface area contributed by atoms with Crippen molar-refractivity contribution in [3.8, 4) is 11.1 Å². The standard InChI is InChI=1S/C42H51N5O8S/c1-2-27-24-42(27,40(50)46-56(52,53)30-20-21-30)44-38(48)36-23-29(55-45-37-33-18-10-8-16-31(33)32-17-9-11-19-34(32)37)25-47(36)39(49)35(22-26-12-4-3-5-13-26)43-41(51)54-28-14-6-7-15-28/h2,8-11,16-19,26-30,35-36H,1,3-7,12-15,20-25H2,(H,43,51)(H,44,48)(H,46,50)/t27-,29-,35+,36+,42+/m1/s1. The summed E-state index contributed by atoms with van der Waals surface area (Å²) in [4.78, 5) is 63.7. The number of fused-ring (bicyclic) bond motifs is 3. The molecular formula is C42H51N5O8S. The molecule has 0 unspecified atom stereocenters. The van der Waals surface area contributed by atoms with E-state index in [1.165, 1.54) is 11.0 Å². The third-order valence-electron chi connectivity index (χ3n) is 12.5. The van der Waals surface area contributed by atoms with Gasteiger partial charge in [0.2, 0.25) is 21.8 Å². The van der Waals surface area contributed by atoms with Crippen LogP contribution in [0.5, 0.6) is 0 Å². The first kappa shape index (κ1) is 38.2. The van der Waals surface area contributed by atoms with Gasteiger partial charge in [0.25, 0.3) is 5.91 Å². The molecule has 5 fully saturated rings. The van der Waals surface area contributed by atoms with E-state index in [1.54, 1.807) is 0 Å². The predicted molar refractivity (Wildman–Crippen MR) is 209 cm³/mol. The van der Waals surface area contributed by atoms with E-state index in [-0.39, 0.29) is 31.4 Å².